The van der Waals surface area contributed by atoms with Gasteiger partial charge in [-0.05, 0) is 45.2 Å². The van der Waals surface area contributed by atoms with Gasteiger partial charge in [0.2, 0.25) is 5.88 Å². The van der Waals surface area contributed by atoms with Gasteiger partial charge in [0.1, 0.15) is 0 Å². The first-order valence-electron chi connectivity index (χ1n) is 6.51. The van der Waals surface area contributed by atoms with Gasteiger partial charge < -0.3 is 10.1 Å². The van der Waals surface area contributed by atoms with Crippen molar-refractivity contribution in [1.29, 1.82) is 0 Å². The number of nitrogens with one attached hydrogen (secondary N) is 1. The third-order valence-corrected chi connectivity index (χ3v) is 3.13. The number of ether oxygens (including phenoxy) is 1. The van der Waals surface area contributed by atoms with Crippen LogP contribution in [0.3, 0.4) is 0 Å². The van der Waals surface area contributed by atoms with Gasteiger partial charge in [-0.15, -0.1) is 5.10 Å². The maximum atomic E-state index is 5.55. The summed E-state index contributed by atoms with van der Waals surface area (Å²) in [6.07, 6.45) is 6.27. The van der Waals surface area contributed by atoms with Crippen molar-refractivity contribution in [3.05, 3.63) is 17.8 Å². The third-order valence-electron chi connectivity index (χ3n) is 3.13. The van der Waals surface area contributed by atoms with Crippen molar-refractivity contribution in [3.63, 3.8) is 0 Å². The summed E-state index contributed by atoms with van der Waals surface area (Å²) in [4.78, 5) is 0. The molecule has 0 amide bonds. The molecule has 1 saturated heterocycles. The molecule has 0 aliphatic carbocycles. The zero-order chi connectivity index (χ0) is 11.9. The summed E-state index contributed by atoms with van der Waals surface area (Å²) in [5, 5.41) is 11.5. The first-order valence-corrected chi connectivity index (χ1v) is 6.51. The summed E-state index contributed by atoms with van der Waals surface area (Å²) < 4.78 is 5.55. The molecule has 0 radical (unpaired) electrons. The van der Waals surface area contributed by atoms with Gasteiger partial charge in [0.05, 0.1) is 12.3 Å². The average Bonchev–Trinajstić information content (AvgIpc) is 2.38. The molecule has 4 heteroatoms. The second-order valence-electron chi connectivity index (χ2n) is 4.65. The fourth-order valence-corrected chi connectivity index (χ4v) is 2.14. The molecule has 1 fully saturated rings. The van der Waals surface area contributed by atoms with Crippen LogP contribution in [0.4, 0.5) is 0 Å². The van der Waals surface area contributed by atoms with Crippen LogP contribution in [0.2, 0.25) is 0 Å². The van der Waals surface area contributed by atoms with Crippen molar-refractivity contribution in [2.24, 2.45) is 0 Å². The van der Waals surface area contributed by atoms with Crippen LogP contribution in [-0.2, 0) is 0 Å². The van der Waals surface area contributed by atoms with Crippen molar-refractivity contribution in [2.75, 3.05) is 13.2 Å². The fraction of sp³-hybridized carbons (Fsp3) is 0.692. The van der Waals surface area contributed by atoms with Crippen molar-refractivity contribution in [3.8, 4) is 5.88 Å². The van der Waals surface area contributed by atoms with Gasteiger partial charge in [0.15, 0.2) is 0 Å². The van der Waals surface area contributed by atoms with Gasteiger partial charge in [-0.2, -0.15) is 5.10 Å². The Bertz CT molecular complexity index is 320. The van der Waals surface area contributed by atoms with E-state index in [-0.39, 0.29) is 0 Å². The van der Waals surface area contributed by atoms with E-state index in [0.717, 1.165) is 18.7 Å². The molecule has 1 aliphatic heterocycles. The van der Waals surface area contributed by atoms with E-state index in [1.165, 1.54) is 32.2 Å². The van der Waals surface area contributed by atoms with Crippen LogP contribution in [0.1, 0.15) is 37.8 Å². The molecule has 2 heterocycles. The average molecular weight is 235 g/mol. The zero-order valence-electron chi connectivity index (χ0n) is 10.5. The van der Waals surface area contributed by atoms with Crippen LogP contribution in [0, 0.1) is 6.92 Å². The molecule has 0 spiro atoms. The lowest BCUT2D eigenvalue weighted by Gasteiger charge is -2.23. The minimum Gasteiger partial charge on any atom is -0.477 e. The summed E-state index contributed by atoms with van der Waals surface area (Å²) >= 11 is 0. The molecule has 0 unspecified atom stereocenters. The van der Waals surface area contributed by atoms with Gasteiger partial charge >= 0.3 is 0 Å². The predicted molar refractivity (Wildman–Crippen MR) is 67.1 cm³/mol. The number of aromatic nitrogens is 2. The fourth-order valence-electron chi connectivity index (χ4n) is 2.14. The minimum absolute atomic E-state index is 0.632. The highest BCUT2D eigenvalue weighted by molar-refractivity contribution is 5.09. The molecule has 94 valence electrons. The van der Waals surface area contributed by atoms with Gasteiger partial charge in [-0.3, -0.25) is 0 Å². The highest BCUT2D eigenvalue weighted by atomic mass is 16.5. The third kappa shape index (κ3) is 4.30. The molecule has 0 saturated carbocycles. The molecule has 2 rings (SSSR count). The summed E-state index contributed by atoms with van der Waals surface area (Å²) in [5.41, 5.74) is 0.920. The first-order chi connectivity index (χ1) is 8.34. The Morgan fingerprint density at radius 1 is 1.35 bits per heavy atom. The Balaban J connectivity index is 1.60. The lowest BCUT2D eigenvalue weighted by molar-refractivity contribution is 0.274. The molecule has 17 heavy (non-hydrogen) atoms. The topological polar surface area (TPSA) is 47.0 Å². The second-order valence-corrected chi connectivity index (χ2v) is 4.65. The number of hydrogen-bond donors (Lipinski definition) is 1. The number of rotatable bonds is 5. The number of nitrogens with zero attached hydrogens (tertiary/aromatic N) is 2. The van der Waals surface area contributed by atoms with E-state index < -0.39 is 0 Å². The van der Waals surface area contributed by atoms with E-state index >= 15 is 0 Å². The van der Waals surface area contributed by atoms with E-state index in [1.807, 2.05) is 19.1 Å². The van der Waals surface area contributed by atoms with Crippen LogP contribution in [-0.4, -0.2) is 29.4 Å². The highest BCUT2D eigenvalue weighted by Gasteiger charge is 2.11. The molecule has 1 N–H and O–H groups in total. The molecule has 1 atom stereocenters. The highest BCUT2D eigenvalue weighted by Crippen LogP contribution is 2.12. The Morgan fingerprint density at radius 2 is 2.29 bits per heavy atom. The predicted octanol–water partition coefficient (Wildman–Crippen LogP) is 2.09. The molecular formula is C13H21N3O. The quantitative estimate of drug-likeness (QED) is 0.794. The van der Waals surface area contributed by atoms with E-state index in [1.54, 1.807) is 0 Å². The summed E-state index contributed by atoms with van der Waals surface area (Å²) in [6, 6.07) is 4.49. The van der Waals surface area contributed by atoms with Crippen molar-refractivity contribution < 1.29 is 4.74 Å². The van der Waals surface area contributed by atoms with E-state index in [4.69, 9.17) is 4.74 Å². The van der Waals surface area contributed by atoms with Crippen molar-refractivity contribution in [2.45, 2.75) is 45.1 Å². The van der Waals surface area contributed by atoms with Crippen molar-refractivity contribution in [1.82, 2.24) is 15.5 Å². The molecule has 1 aliphatic rings. The Morgan fingerprint density at radius 3 is 3.00 bits per heavy atom. The smallest absolute Gasteiger partial charge is 0.233 e. The summed E-state index contributed by atoms with van der Waals surface area (Å²) in [6.45, 7) is 3.83. The minimum atomic E-state index is 0.632. The molecular weight excluding hydrogens is 214 g/mol. The van der Waals surface area contributed by atoms with Gasteiger partial charge in [0.25, 0.3) is 0 Å². The maximum absolute atomic E-state index is 5.55. The Kier molecular flexibility index (Phi) is 4.74. The normalized spacial score (nSPS) is 20.2. The maximum Gasteiger partial charge on any atom is 0.233 e. The monoisotopic (exact) mass is 235 g/mol. The molecule has 0 bridgehead atoms. The lowest BCUT2D eigenvalue weighted by Crippen LogP contribution is -2.34. The lowest BCUT2D eigenvalue weighted by atomic mass is 10.0. The number of piperidine rings is 1. The number of aryl methyl sites for hydroxylation is 1. The second kappa shape index (κ2) is 6.55. The van der Waals surface area contributed by atoms with Crippen LogP contribution in [0.15, 0.2) is 12.1 Å². The SMILES string of the molecule is Cc1ccc(OCCC[C@H]2CCCCN2)nn1. The number of hydrogen-bond acceptors (Lipinski definition) is 4. The molecule has 0 aromatic carbocycles. The largest absolute Gasteiger partial charge is 0.477 e. The Labute approximate surface area is 103 Å². The first kappa shape index (κ1) is 12.3. The van der Waals surface area contributed by atoms with Gasteiger partial charge in [-0.25, -0.2) is 0 Å². The van der Waals surface area contributed by atoms with E-state index in [9.17, 15) is 0 Å². The van der Waals surface area contributed by atoms with E-state index in [0.29, 0.717) is 11.9 Å². The summed E-state index contributed by atoms with van der Waals surface area (Å²) in [7, 11) is 0. The van der Waals surface area contributed by atoms with Crippen LogP contribution in [0.5, 0.6) is 5.88 Å². The van der Waals surface area contributed by atoms with Gasteiger partial charge in [-0.1, -0.05) is 6.42 Å². The molecule has 4 nitrogen and oxygen atoms in total. The molecule has 1 aromatic heterocycles. The van der Waals surface area contributed by atoms with Gasteiger partial charge in [0, 0.05) is 12.1 Å². The standard InChI is InChI=1S/C13H21N3O/c1-11-7-8-13(16-15-11)17-10-4-6-12-5-2-3-9-14-12/h7-8,12,14H,2-6,9-10H2,1H3/t12-/m1/s1. The summed E-state index contributed by atoms with van der Waals surface area (Å²) in [5.74, 6) is 0.632. The Hall–Kier alpha value is -1.16. The van der Waals surface area contributed by atoms with Crippen LogP contribution >= 0.6 is 0 Å². The van der Waals surface area contributed by atoms with E-state index in [2.05, 4.69) is 15.5 Å². The van der Waals surface area contributed by atoms with Crippen molar-refractivity contribution >= 4 is 0 Å². The van der Waals surface area contributed by atoms with Crippen LogP contribution in [0.25, 0.3) is 0 Å². The van der Waals surface area contributed by atoms with Crippen LogP contribution < -0.4 is 10.1 Å². The zero-order valence-corrected chi connectivity index (χ0v) is 10.5. The molecule has 1 aromatic rings.